The van der Waals surface area contributed by atoms with Gasteiger partial charge in [0.05, 0.1) is 18.0 Å². The van der Waals surface area contributed by atoms with Crippen LogP contribution in [0.3, 0.4) is 0 Å². The zero-order valence-electron chi connectivity index (χ0n) is 17.4. The Kier molecular flexibility index (Phi) is 7.70. The summed E-state index contributed by atoms with van der Waals surface area (Å²) < 4.78 is 32.0. The third kappa shape index (κ3) is 6.21. The van der Waals surface area contributed by atoms with E-state index in [1.165, 1.54) is 6.07 Å². The zero-order chi connectivity index (χ0) is 23.1. The zero-order valence-corrected chi connectivity index (χ0v) is 18.9. The molecule has 9 nitrogen and oxygen atoms in total. The number of nitrogens with one attached hydrogen (secondary N) is 3. The first kappa shape index (κ1) is 23.6. The number of amidine groups is 1. The Morgan fingerprint density at radius 2 is 1.81 bits per heavy atom. The van der Waals surface area contributed by atoms with Gasteiger partial charge in [-0.15, -0.1) is 0 Å². The maximum absolute atomic E-state index is 12.0. The fraction of sp³-hybridized carbons (Fsp3) is 0.286. The van der Waals surface area contributed by atoms with Gasteiger partial charge >= 0.3 is 0 Å². The van der Waals surface area contributed by atoms with E-state index in [0.717, 1.165) is 5.56 Å². The van der Waals surface area contributed by atoms with Gasteiger partial charge < -0.3 is 4.74 Å². The van der Waals surface area contributed by atoms with Crippen LogP contribution >= 0.6 is 11.6 Å². The van der Waals surface area contributed by atoms with E-state index >= 15 is 0 Å². The molecule has 3 N–H and O–H groups in total. The number of hydrazine groups is 1. The molecule has 0 bridgehead atoms. The fourth-order valence-corrected chi connectivity index (χ4v) is 4.45. The first-order chi connectivity index (χ1) is 15.3. The van der Waals surface area contributed by atoms with E-state index in [9.17, 15) is 18.0 Å². The summed E-state index contributed by atoms with van der Waals surface area (Å²) in [5.74, 6) is 0.119. The predicted octanol–water partition coefficient (Wildman–Crippen LogP) is 2.08. The predicted molar refractivity (Wildman–Crippen MR) is 120 cm³/mol. The lowest BCUT2D eigenvalue weighted by atomic mass is 10.2. The maximum atomic E-state index is 12.0. The fourth-order valence-electron chi connectivity index (χ4n) is 2.97. The molecule has 1 aliphatic heterocycles. The minimum Gasteiger partial charge on any atom is -0.493 e. The summed E-state index contributed by atoms with van der Waals surface area (Å²) in [6.45, 7) is 2.29. The molecule has 0 unspecified atom stereocenters. The van der Waals surface area contributed by atoms with Gasteiger partial charge in [0.1, 0.15) is 11.6 Å². The van der Waals surface area contributed by atoms with E-state index in [4.69, 9.17) is 16.3 Å². The van der Waals surface area contributed by atoms with Crippen LogP contribution in [-0.4, -0.2) is 39.2 Å². The molecule has 2 amide bonds. The van der Waals surface area contributed by atoms with Gasteiger partial charge in [-0.1, -0.05) is 23.7 Å². The molecule has 0 spiro atoms. The third-order valence-electron chi connectivity index (χ3n) is 4.56. The molecule has 1 aliphatic rings. The maximum Gasteiger partial charge on any atom is 0.263 e. The number of carbonyl (C=O) groups is 2. The highest BCUT2D eigenvalue weighted by atomic mass is 35.5. The smallest absolute Gasteiger partial charge is 0.263 e. The van der Waals surface area contributed by atoms with Crippen molar-refractivity contribution < 1.29 is 22.7 Å². The van der Waals surface area contributed by atoms with E-state index < -0.39 is 15.9 Å². The highest BCUT2D eigenvalue weighted by Crippen LogP contribution is 2.23. The standard InChI is InChI=1S/C21H23ClN4O5S/c1-14-13-15(22)8-9-17(14)31-12-4-7-19(27)24-25-20(28)10-11-23-21-16-5-2-3-6-18(16)32(29,30)26-21/h2-3,5-6,8-9,13H,4,7,10-12H2,1H3,(H,23,26)(H,24,27)(H,25,28). The van der Waals surface area contributed by atoms with Crippen LogP contribution in [0.15, 0.2) is 52.4 Å². The number of halogens is 1. The Hall–Kier alpha value is -3.11. The summed E-state index contributed by atoms with van der Waals surface area (Å²) in [5, 5.41) is 0.630. The molecule has 0 fully saturated rings. The van der Waals surface area contributed by atoms with Crippen molar-refractivity contribution in [1.82, 2.24) is 15.6 Å². The van der Waals surface area contributed by atoms with E-state index in [0.29, 0.717) is 29.4 Å². The van der Waals surface area contributed by atoms with Crippen molar-refractivity contribution in [3.63, 3.8) is 0 Å². The molecule has 1 heterocycles. The number of benzene rings is 2. The molecule has 0 radical (unpaired) electrons. The molecule has 0 aliphatic carbocycles. The van der Waals surface area contributed by atoms with Crippen LogP contribution in [0.2, 0.25) is 5.02 Å². The molecule has 0 atom stereocenters. The SMILES string of the molecule is Cc1cc(Cl)ccc1OCCCC(=O)NNC(=O)CCN=C1NS(=O)(=O)c2ccccc21. The number of hydrogen-bond donors (Lipinski definition) is 3. The van der Waals surface area contributed by atoms with Crippen molar-refractivity contribution in [2.75, 3.05) is 13.2 Å². The van der Waals surface area contributed by atoms with Crippen molar-refractivity contribution in [1.29, 1.82) is 0 Å². The van der Waals surface area contributed by atoms with Crippen LogP contribution in [0, 0.1) is 6.92 Å². The van der Waals surface area contributed by atoms with Crippen LogP contribution in [0.5, 0.6) is 5.75 Å². The number of carbonyl (C=O) groups excluding carboxylic acids is 2. The van der Waals surface area contributed by atoms with Crippen molar-refractivity contribution in [2.24, 2.45) is 4.99 Å². The molecule has 2 aromatic carbocycles. The highest BCUT2D eigenvalue weighted by molar-refractivity contribution is 7.90. The second kappa shape index (κ2) is 10.5. The summed E-state index contributed by atoms with van der Waals surface area (Å²) in [6, 6.07) is 11.8. The van der Waals surface area contributed by atoms with Crippen LogP contribution in [0.25, 0.3) is 0 Å². The molecule has 11 heteroatoms. The van der Waals surface area contributed by atoms with Crippen molar-refractivity contribution in [3.8, 4) is 5.75 Å². The van der Waals surface area contributed by atoms with E-state index in [1.54, 1.807) is 36.4 Å². The number of fused-ring (bicyclic) bond motifs is 1. The summed E-state index contributed by atoms with van der Waals surface area (Å²) in [7, 11) is -3.61. The molecule has 32 heavy (non-hydrogen) atoms. The monoisotopic (exact) mass is 478 g/mol. The number of hydrogen-bond acceptors (Lipinski definition) is 6. The lowest BCUT2D eigenvalue weighted by Crippen LogP contribution is -2.41. The molecule has 170 valence electrons. The molecule has 0 aromatic heterocycles. The number of sulfonamides is 1. The largest absolute Gasteiger partial charge is 0.493 e. The molecule has 2 aromatic rings. The van der Waals surface area contributed by atoms with Crippen molar-refractivity contribution in [2.45, 2.75) is 31.1 Å². The van der Waals surface area contributed by atoms with Crippen molar-refractivity contribution in [3.05, 3.63) is 58.6 Å². The molecule has 3 rings (SSSR count). The second-order valence-corrected chi connectivity index (χ2v) is 9.13. The molecular weight excluding hydrogens is 456 g/mol. The Bertz CT molecular complexity index is 1150. The lowest BCUT2D eigenvalue weighted by Gasteiger charge is -2.10. The topological polar surface area (TPSA) is 126 Å². The highest BCUT2D eigenvalue weighted by Gasteiger charge is 2.29. The van der Waals surface area contributed by atoms with Gasteiger partial charge in [-0.2, -0.15) is 0 Å². The molecule has 0 saturated carbocycles. The molecule has 0 saturated heterocycles. The van der Waals surface area contributed by atoms with Gasteiger partial charge in [0, 0.05) is 23.4 Å². The summed E-state index contributed by atoms with van der Waals surface area (Å²) in [6.07, 6.45) is 0.622. The quantitative estimate of drug-likeness (QED) is 0.395. The summed E-state index contributed by atoms with van der Waals surface area (Å²) in [5.41, 5.74) is 6.03. The average molecular weight is 479 g/mol. The second-order valence-electron chi connectivity index (χ2n) is 7.04. The van der Waals surface area contributed by atoms with Gasteiger partial charge in [0.2, 0.25) is 11.8 Å². The first-order valence-electron chi connectivity index (χ1n) is 9.89. The van der Waals surface area contributed by atoms with E-state index in [-0.39, 0.29) is 36.0 Å². The number of amides is 2. The Balaban J connectivity index is 1.34. The van der Waals surface area contributed by atoms with Gasteiger partial charge in [-0.3, -0.25) is 30.2 Å². The average Bonchev–Trinajstić information content (AvgIpc) is 3.01. The Morgan fingerprint density at radius 3 is 2.56 bits per heavy atom. The van der Waals surface area contributed by atoms with Gasteiger partial charge in [0.25, 0.3) is 10.0 Å². The van der Waals surface area contributed by atoms with Crippen LogP contribution < -0.4 is 20.3 Å². The van der Waals surface area contributed by atoms with E-state index in [1.807, 2.05) is 6.92 Å². The Labute approximate surface area is 191 Å². The number of ether oxygens (including phenoxy) is 1. The van der Waals surface area contributed by atoms with Gasteiger partial charge in [0.15, 0.2) is 0 Å². The lowest BCUT2D eigenvalue weighted by molar-refractivity contribution is -0.128. The van der Waals surface area contributed by atoms with Crippen LogP contribution in [0.4, 0.5) is 0 Å². The van der Waals surface area contributed by atoms with Crippen LogP contribution in [-0.2, 0) is 19.6 Å². The summed E-state index contributed by atoms with van der Waals surface area (Å²) >= 11 is 5.90. The normalized spacial score (nSPS) is 15.0. The van der Waals surface area contributed by atoms with Gasteiger partial charge in [-0.25, -0.2) is 8.42 Å². The number of nitrogens with zero attached hydrogens (tertiary/aromatic N) is 1. The first-order valence-corrected chi connectivity index (χ1v) is 11.8. The summed E-state index contributed by atoms with van der Waals surface area (Å²) in [4.78, 5) is 28.1. The number of rotatable bonds is 8. The number of aryl methyl sites for hydroxylation is 1. The van der Waals surface area contributed by atoms with E-state index in [2.05, 4.69) is 20.6 Å². The minimum atomic E-state index is -3.61. The molecular formula is C21H23ClN4O5S. The van der Waals surface area contributed by atoms with Gasteiger partial charge in [-0.05, 0) is 49.2 Å². The Morgan fingerprint density at radius 1 is 1.09 bits per heavy atom. The van der Waals surface area contributed by atoms with Crippen LogP contribution in [0.1, 0.15) is 30.4 Å². The van der Waals surface area contributed by atoms with Crippen molar-refractivity contribution >= 4 is 39.3 Å². The third-order valence-corrected chi connectivity index (χ3v) is 6.19. The minimum absolute atomic E-state index is 0.0212. The number of aliphatic imine (C=N–C) groups is 1.